The number of hydrogen-bond donors (Lipinski definition) is 0. The first-order valence-corrected chi connectivity index (χ1v) is 15.3. The summed E-state index contributed by atoms with van der Waals surface area (Å²) in [6.45, 7) is -0.205. The van der Waals surface area contributed by atoms with Crippen molar-refractivity contribution in [2.24, 2.45) is 0 Å². The van der Waals surface area contributed by atoms with E-state index in [1.54, 1.807) is 36.4 Å². The molecule has 8 nitrogen and oxygen atoms in total. The van der Waals surface area contributed by atoms with Gasteiger partial charge in [-0.3, -0.25) is 24.6 Å². The Hall–Kier alpha value is -2.92. The van der Waals surface area contributed by atoms with Crippen LogP contribution in [0.2, 0.25) is 5.02 Å². The molecule has 1 aliphatic rings. The van der Waals surface area contributed by atoms with Crippen molar-refractivity contribution in [3.63, 3.8) is 0 Å². The molecule has 3 aromatic carbocycles. The molecule has 1 saturated heterocycles. The van der Waals surface area contributed by atoms with E-state index in [0.717, 1.165) is 14.0 Å². The van der Waals surface area contributed by atoms with Crippen LogP contribution in [0.3, 0.4) is 0 Å². The van der Waals surface area contributed by atoms with Gasteiger partial charge in [-0.15, -0.1) is 0 Å². The van der Waals surface area contributed by atoms with Crippen molar-refractivity contribution in [2.45, 2.75) is 34.8 Å². The smallest absolute Gasteiger partial charge is 0.272 e. The van der Waals surface area contributed by atoms with Crippen molar-refractivity contribution < 1.29 is 22.9 Å². The first kappa shape index (κ1) is 29.1. The Bertz CT molecular complexity index is 1580. The fraction of sp³-hybridized carbons (Fsp3) is 0.185. The van der Waals surface area contributed by atoms with E-state index in [4.69, 9.17) is 11.6 Å². The lowest BCUT2D eigenvalue weighted by Crippen LogP contribution is -2.45. The molecule has 1 heterocycles. The van der Waals surface area contributed by atoms with Crippen LogP contribution in [0.1, 0.15) is 30.4 Å². The topological polar surface area (TPSA) is 115 Å². The van der Waals surface area contributed by atoms with Crippen molar-refractivity contribution in [3.05, 3.63) is 103 Å². The van der Waals surface area contributed by atoms with E-state index in [1.807, 2.05) is 0 Å². The molecule has 1 aliphatic heterocycles. The lowest BCUT2D eigenvalue weighted by Gasteiger charge is -2.25. The van der Waals surface area contributed by atoms with E-state index >= 15 is 0 Å². The molecular weight excluding hydrogens is 675 g/mol. The molecule has 4 rings (SSSR count). The zero-order chi connectivity index (χ0) is 28.2. The minimum atomic E-state index is -4.29. The van der Waals surface area contributed by atoms with Crippen LogP contribution in [0.5, 0.6) is 0 Å². The zero-order valence-corrected chi connectivity index (χ0v) is 24.7. The monoisotopic (exact) mass is 694 g/mol. The van der Waals surface area contributed by atoms with Crippen LogP contribution >= 0.6 is 46.0 Å². The second-order valence-corrected chi connectivity index (χ2v) is 13.9. The van der Waals surface area contributed by atoms with E-state index in [0.29, 0.717) is 28.8 Å². The number of sulfone groups is 1. The highest BCUT2D eigenvalue weighted by atomic mass is 127. The Morgan fingerprint density at radius 2 is 1.64 bits per heavy atom. The molecule has 3 aromatic rings. The number of hydrogen-bond acceptors (Lipinski definition) is 7. The van der Waals surface area contributed by atoms with Gasteiger partial charge in [0.1, 0.15) is 0 Å². The van der Waals surface area contributed by atoms with Gasteiger partial charge in [0.15, 0.2) is 0 Å². The molecule has 0 aromatic heterocycles. The number of carbonyl (C=O) groups is 2. The Kier molecular flexibility index (Phi) is 9.00. The molecule has 39 heavy (non-hydrogen) atoms. The molecule has 1 atom stereocenters. The number of nitro groups is 1. The van der Waals surface area contributed by atoms with Gasteiger partial charge in [0.05, 0.1) is 16.4 Å². The fourth-order valence-corrected chi connectivity index (χ4v) is 7.98. The first-order chi connectivity index (χ1) is 18.5. The third kappa shape index (κ3) is 6.30. The molecule has 0 saturated carbocycles. The maximum Gasteiger partial charge on any atom is 0.290 e. The summed E-state index contributed by atoms with van der Waals surface area (Å²) in [6.07, 6.45) is 0.432. The summed E-state index contributed by atoms with van der Waals surface area (Å²) in [5.74, 6) is 5.14. The molecule has 0 spiro atoms. The average molecular weight is 695 g/mol. The van der Waals surface area contributed by atoms with E-state index in [9.17, 15) is 28.1 Å². The van der Waals surface area contributed by atoms with E-state index < -0.39 is 30.0 Å². The number of halogens is 2. The van der Waals surface area contributed by atoms with Gasteiger partial charge in [-0.05, 0) is 101 Å². The maximum atomic E-state index is 13.9. The summed E-state index contributed by atoms with van der Waals surface area (Å²) in [4.78, 5) is 38.1. The van der Waals surface area contributed by atoms with Crippen LogP contribution in [0, 0.1) is 25.5 Å². The van der Waals surface area contributed by atoms with Gasteiger partial charge in [-0.1, -0.05) is 35.6 Å². The second-order valence-electron chi connectivity index (χ2n) is 8.56. The Morgan fingerprint density at radius 1 is 1.00 bits per heavy atom. The number of unbranched alkanes of at least 4 members (excludes halogenated alkanes) is 1. The van der Waals surface area contributed by atoms with Crippen molar-refractivity contribution in [1.29, 1.82) is 0 Å². The number of non-ortho nitro benzene ring substituents is 1. The van der Waals surface area contributed by atoms with Crippen molar-refractivity contribution in [1.82, 2.24) is 4.90 Å². The second kappa shape index (κ2) is 12.1. The van der Waals surface area contributed by atoms with Gasteiger partial charge in [-0.2, -0.15) is 0 Å². The predicted molar refractivity (Wildman–Crippen MR) is 158 cm³/mol. The van der Waals surface area contributed by atoms with Crippen LogP contribution in [0.15, 0.2) is 77.7 Å². The molecule has 0 aliphatic carbocycles. The van der Waals surface area contributed by atoms with Gasteiger partial charge in [0.2, 0.25) is 13.9 Å². The molecule has 200 valence electrons. The van der Waals surface area contributed by atoms with Crippen LogP contribution < -0.4 is 0 Å². The Labute approximate surface area is 248 Å². The number of nitrogens with zero attached hydrogens (tertiary/aromatic N) is 2. The van der Waals surface area contributed by atoms with Gasteiger partial charge >= 0.3 is 0 Å². The lowest BCUT2D eigenvalue weighted by molar-refractivity contribution is -0.384. The van der Waals surface area contributed by atoms with Crippen LogP contribution in [-0.2, 0) is 21.2 Å². The number of carbonyl (C=O) groups excluding carboxylic acids is 2. The maximum absolute atomic E-state index is 13.9. The molecule has 0 N–H and O–H groups in total. The molecule has 2 amide bonds. The van der Waals surface area contributed by atoms with Crippen molar-refractivity contribution in [3.8, 4) is 11.8 Å². The number of imide groups is 1. The average Bonchev–Trinajstić information content (AvgIpc) is 3.15. The highest BCUT2D eigenvalue weighted by Gasteiger charge is 2.61. The number of amides is 2. The number of benzene rings is 3. The zero-order valence-electron chi connectivity index (χ0n) is 20.2. The van der Waals surface area contributed by atoms with Gasteiger partial charge in [0.25, 0.3) is 16.8 Å². The quantitative estimate of drug-likeness (QED) is 0.0877. The minimum absolute atomic E-state index is 0.0546. The summed E-state index contributed by atoms with van der Waals surface area (Å²) in [6, 6.07) is 18.5. The molecule has 1 fully saturated rings. The number of nitro benzene ring substituents is 1. The predicted octanol–water partition coefficient (Wildman–Crippen LogP) is 6.44. The highest BCUT2D eigenvalue weighted by Crippen LogP contribution is 2.48. The summed E-state index contributed by atoms with van der Waals surface area (Å²) < 4.78 is 26.6. The summed E-state index contributed by atoms with van der Waals surface area (Å²) in [7, 11) is -4.29. The number of rotatable bonds is 8. The van der Waals surface area contributed by atoms with Crippen LogP contribution in [0.25, 0.3) is 0 Å². The van der Waals surface area contributed by atoms with E-state index in [1.165, 1.54) is 36.4 Å². The lowest BCUT2D eigenvalue weighted by atomic mass is 10.1. The Balaban J connectivity index is 1.61. The molecule has 0 radical (unpaired) electrons. The van der Waals surface area contributed by atoms with E-state index in [-0.39, 0.29) is 30.0 Å². The molecular formula is C27H20ClIN2O6S2. The van der Waals surface area contributed by atoms with Crippen LogP contribution in [-0.4, -0.2) is 33.5 Å². The standard InChI is InChI=1S/C27H20ClIN2O6S2/c28-21-9-5-19(6-10-21)4-2-1-3-17-27(39(36,37)24-15-11-22(29)12-16-24)25(32)30(26(33)38-27)18-20-7-13-23(14-8-20)31(34)35/h5-16H,1,3,17-18H2. The molecule has 12 heteroatoms. The van der Waals surface area contributed by atoms with E-state index in [2.05, 4.69) is 34.4 Å². The molecule has 0 bridgehead atoms. The number of thioether (sulfide) groups is 1. The van der Waals surface area contributed by atoms with Crippen molar-refractivity contribution >= 4 is 72.6 Å². The summed E-state index contributed by atoms with van der Waals surface area (Å²) in [5.41, 5.74) is 1.07. The molecule has 1 unspecified atom stereocenters. The fourth-order valence-electron chi connectivity index (χ4n) is 3.94. The summed E-state index contributed by atoms with van der Waals surface area (Å²) >= 11 is 8.44. The summed E-state index contributed by atoms with van der Waals surface area (Å²) in [5, 5.41) is 10.8. The van der Waals surface area contributed by atoms with Gasteiger partial charge in [0, 0.05) is 32.7 Å². The largest absolute Gasteiger partial charge is 0.290 e. The first-order valence-electron chi connectivity index (χ1n) is 11.6. The minimum Gasteiger partial charge on any atom is -0.272 e. The van der Waals surface area contributed by atoms with Gasteiger partial charge < -0.3 is 0 Å². The normalized spacial score (nSPS) is 17.1. The third-order valence-electron chi connectivity index (χ3n) is 5.97. The van der Waals surface area contributed by atoms with Gasteiger partial charge in [-0.25, -0.2) is 8.42 Å². The third-order valence-corrected chi connectivity index (χ3v) is 11.1. The SMILES string of the molecule is O=C1SC(CCCC#Cc2ccc(Cl)cc2)(S(=O)(=O)c2ccc(I)cc2)C(=O)N1Cc1ccc([N+](=O)[O-])cc1. The van der Waals surface area contributed by atoms with Crippen molar-refractivity contribution in [2.75, 3.05) is 0 Å². The van der Waals surface area contributed by atoms with Crippen LogP contribution in [0.4, 0.5) is 10.5 Å². The highest BCUT2D eigenvalue weighted by molar-refractivity contribution is 14.1. The Morgan fingerprint density at radius 3 is 2.26 bits per heavy atom.